The molecular weight excluding hydrogens is 478 g/mol. The Hall–Kier alpha value is -4.16. The van der Waals surface area contributed by atoms with Crippen LogP contribution in [0.15, 0.2) is 78.9 Å². The summed E-state index contributed by atoms with van der Waals surface area (Å²) in [6.07, 6.45) is -0.546. The van der Waals surface area contributed by atoms with Gasteiger partial charge >= 0.3 is 6.09 Å². The van der Waals surface area contributed by atoms with Crippen LogP contribution in [0.5, 0.6) is 0 Å². The fourth-order valence-electron chi connectivity index (χ4n) is 3.68. The van der Waals surface area contributed by atoms with Crippen LogP contribution in [0.25, 0.3) is 11.1 Å². The first kappa shape index (κ1) is 26.4. The van der Waals surface area contributed by atoms with E-state index < -0.39 is 33.5 Å². The minimum absolute atomic E-state index is 0.190. The van der Waals surface area contributed by atoms with Gasteiger partial charge in [-0.1, -0.05) is 66.7 Å². The number of ether oxygens (including phenoxy) is 1. The number of carbonyl (C=O) groups excluding carboxylic acids is 2. The maximum atomic E-state index is 13.0. The number of benzene rings is 3. The molecule has 0 radical (unpaired) electrons. The van der Waals surface area contributed by atoms with E-state index in [4.69, 9.17) is 10.00 Å². The Morgan fingerprint density at radius 3 is 2.36 bits per heavy atom. The number of sulfone groups is 1. The van der Waals surface area contributed by atoms with Gasteiger partial charge in [0, 0.05) is 5.69 Å². The van der Waals surface area contributed by atoms with Crippen molar-refractivity contribution in [2.24, 2.45) is 0 Å². The first-order valence-electron chi connectivity index (χ1n) is 11.3. The van der Waals surface area contributed by atoms with Gasteiger partial charge in [0.05, 0.1) is 30.1 Å². The Kier molecular flexibility index (Phi) is 9.19. The number of amides is 2. The predicted octanol–water partition coefficient (Wildman–Crippen LogP) is 4.26. The van der Waals surface area contributed by atoms with E-state index in [1.807, 2.05) is 12.1 Å². The fraction of sp³-hybridized carbons (Fsp3) is 0.222. The molecule has 0 aliphatic rings. The number of hydrogen-bond acceptors (Lipinski definition) is 6. The highest BCUT2D eigenvalue weighted by atomic mass is 32.2. The van der Waals surface area contributed by atoms with Crippen LogP contribution >= 0.6 is 0 Å². The molecule has 2 N–H and O–H groups in total. The van der Waals surface area contributed by atoms with E-state index in [9.17, 15) is 18.0 Å². The van der Waals surface area contributed by atoms with Crippen LogP contribution in [0.4, 0.5) is 10.5 Å². The molecule has 186 valence electrons. The molecule has 1 atom stereocenters. The topological polar surface area (TPSA) is 125 Å². The average Bonchev–Trinajstić information content (AvgIpc) is 2.87. The largest absolute Gasteiger partial charge is 0.450 e. The summed E-state index contributed by atoms with van der Waals surface area (Å²) in [5.74, 6) is -2.11. The maximum absolute atomic E-state index is 13.0. The smallest absolute Gasteiger partial charge is 0.411 e. The lowest BCUT2D eigenvalue weighted by Crippen LogP contribution is -2.33. The van der Waals surface area contributed by atoms with Crippen LogP contribution in [-0.2, 0) is 25.1 Å². The lowest BCUT2D eigenvalue weighted by molar-refractivity contribution is -0.121. The van der Waals surface area contributed by atoms with Crippen LogP contribution in [0.1, 0.15) is 24.0 Å². The van der Waals surface area contributed by atoms with Gasteiger partial charge in [0.15, 0.2) is 9.84 Å². The van der Waals surface area contributed by atoms with Crippen LogP contribution in [-0.4, -0.2) is 39.3 Å². The zero-order chi connectivity index (χ0) is 26.0. The van der Waals surface area contributed by atoms with Crippen LogP contribution in [0.2, 0.25) is 0 Å². The maximum Gasteiger partial charge on any atom is 0.411 e. The van der Waals surface area contributed by atoms with Crippen LogP contribution < -0.4 is 10.6 Å². The molecule has 0 heterocycles. The van der Waals surface area contributed by atoms with Crippen molar-refractivity contribution in [2.45, 2.75) is 18.6 Å². The summed E-state index contributed by atoms with van der Waals surface area (Å²) >= 11 is 0. The van der Waals surface area contributed by atoms with Gasteiger partial charge in [-0.25, -0.2) is 13.2 Å². The molecule has 0 saturated heterocycles. The lowest BCUT2D eigenvalue weighted by atomic mass is 9.95. The molecule has 9 heteroatoms. The number of anilines is 1. The summed E-state index contributed by atoms with van der Waals surface area (Å²) in [7, 11) is -3.65. The summed E-state index contributed by atoms with van der Waals surface area (Å²) < 4.78 is 30.9. The van der Waals surface area contributed by atoms with Gasteiger partial charge in [0.2, 0.25) is 5.91 Å². The molecule has 36 heavy (non-hydrogen) atoms. The van der Waals surface area contributed by atoms with Crippen molar-refractivity contribution in [2.75, 3.05) is 24.2 Å². The molecule has 2 amide bonds. The van der Waals surface area contributed by atoms with Crippen molar-refractivity contribution >= 4 is 27.5 Å². The lowest BCUT2D eigenvalue weighted by Gasteiger charge is -2.18. The SMILES string of the molecule is CCOC(=O)Nc1ccc(-c2cccc(C(CS(=O)(=O)Cc3ccccc3)C(=O)NCC#N)c2)cc1. The quantitative estimate of drug-likeness (QED) is 0.397. The molecule has 3 rings (SSSR count). The third-order valence-electron chi connectivity index (χ3n) is 5.34. The van der Waals surface area contributed by atoms with Crippen LogP contribution in [0.3, 0.4) is 0 Å². The molecule has 8 nitrogen and oxygen atoms in total. The standard InChI is InChI=1S/C27H27N3O5S/c1-2-35-27(32)30-24-13-11-21(12-14-24)22-9-6-10-23(17-22)25(26(31)29-16-15-28)19-36(33,34)18-20-7-4-3-5-8-20/h3-14,17,25H,2,16,18-19H2,1H3,(H,29,31)(H,30,32). The summed E-state index contributed by atoms with van der Waals surface area (Å²) in [6, 6.07) is 24.8. The first-order chi connectivity index (χ1) is 17.3. The number of nitrogens with zero attached hydrogens (tertiary/aromatic N) is 1. The Balaban J connectivity index is 1.86. The summed E-state index contributed by atoms with van der Waals surface area (Å²) in [6.45, 7) is 1.76. The van der Waals surface area contributed by atoms with Crippen molar-refractivity contribution in [1.82, 2.24) is 5.32 Å². The molecule has 3 aromatic carbocycles. The van der Waals surface area contributed by atoms with Gasteiger partial charge in [0.25, 0.3) is 0 Å². The minimum Gasteiger partial charge on any atom is -0.450 e. The van der Waals surface area contributed by atoms with Crippen molar-refractivity contribution in [3.8, 4) is 17.2 Å². The van der Waals surface area contributed by atoms with Crippen molar-refractivity contribution in [3.63, 3.8) is 0 Å². The monoisotopic (exact) mass is 505 g/mol. The van der Waals surface area contributed by atoms with Gasteiger partial charge in [0.1, 0.15) is 6.54 Å². The van der Waals surface area contributed by atoms with E-state index in [1.165, 1.54) is 0 Å². The second kappa shape index (κ2) is 12.5. The Bertz CT molecular complexity index is 1330. The number of hydrogen-bond donors (Lipinski definition) is 2. The normalized spacial score (nSPS) is 11.7. The van der Waals surface area contributed by atoms with E-state index in [2.05, 4.69) is 10.6 Å². The van der Waals surface area contributed by atoms with Crippen molar-refractivity contribution in [3.05, 3.63) is 90.0 Å². The van der Waals surface area contributed by atoms with Gasteiger partial charge < -0.3 is 10.1 Å². The van der Waals surface area contributed by atoms with Gasteiger partial charge in [-0.3, -0.25) is 10.1 Å². The average molecular weight is 506 g/mol. The highest BCUT2D eigenvalue weighted by Crippen LogP contribution is 2.27. The summed E-state index contributed by atoms with van der Waals surface area (Å²) in [5, 5.41) is 14.0. The van der Waals surface area contributed by atoms with Gasteiger partial charge in [-0.15, -0.1) is 0 Å². The molecular formula is C27H27N3O5S. The summed E-state index contributed by atoms with van der Waals surface area (Å²) in [5.41, 5.74) is 3.31. The van der Waals surface area contributed by atoms with Crippen molar-refractivity contribution in [1.29, 1.82) is 5.26 Å². The Morgan fingerprint density at radius 1 is 0.972 bits per heavy atom. The number of rotatable bonds is 10. The molecule has 0 bridgehead atoms. The molecule has 0 aliphatic heterocycles. The first-order valence-corrected chi connectivity index (χ1v) is 13.2. The zero-order valence-corrected chi connectivity index (χ0v) is 20.6. The number of nitrogens with one attached hydrogen (secondary N) is 2. The molecule has 0 aliphatic carbocycles. The Morgan fingerprint density at radius 2 is 1.69 bits per heavy atom. The Labute approximate surface area is 210 Å². The molecule has 1 unspecified atom stereocenters. The fourth-order valence-corrected chi connectivity index (χ4v) is 5.35. The second-order valence-corrected chi connectivity index (χ2v) is 10.1. The molecule has 3 aromatic rings. The minimum atomic E-state index is -3.65. The highest BCUT2D eigenvalue weighted by molar-refractivity contribution is 7.90. The molecule has 0 spiro atoms. The van der Waals surface area contributed by atoms with Crippen LogP contribution in [0, 0.1) is 11.3 Å². The molecule has 0 aromatic heterocycles. The highest BCUT2D eigenvalue weighted by Gasteiger charge is 2.27. The third kappa shape index (κ3) is 7.68. The van der Waals surface area contributed by atoms with E-state index >= 15 is 0 Å². The number of nitriles is 1. The van der Waals surface area contributed by atoms with E-state index in [0.717, 1.165) is 11.1 Å². The van der Waals surface area contributed by atoms with Gasteiger partial charge in [-0.2, -0.15) is 5.26 Å². The molecule has 0 saturated carbocycles. The third-order valence-corrected chi connectivity index (χ3v) is 6.95. The van der Waals surface area contributed by atoms with E-state index in [1.54, 1.807) is 79.7 Å². The predicted molar refractivity (Wildman–Crippen MR) is 138 cm³/mol. The van der Waals surface area contributed by atoms with Gasteiger partial charge in [-0.05, 0) is 41.3 Å². The molecule has 0 fully saturated rings. The van der Waals surface area contributed by atoms with Crippen molar-refractivity contribution < 1.29 is 22.7 Å². The summed E-state index contributed by atoms with van der Waals surface area (Å²) in [4.78, 5) is 24.5. The zero-order valence-electron chi connectivity index (χ0n) is 19.8. The van der Waals surface area contributed by atoms with E-state index in [-0.39, 0.29) is 18.9 Å². The second-order valence-electron chi connectivity index (χ2n) is 8.02. The van der Waals surface area contributed by atoms with E-state index in [0.29, 0.717) is 16.8 Å². The number of carbonyl (C=O) groups is 2.